The molecule has 0 radical (unpaired) electrons. The number of piperidine rings is 1. The summed E-state index contributed by atoms with van der Waals surface area (Å²) in [6.07, 6.45) is 9.74. The Morgan fingerprint density at radius 2 is 2.00 bits per heavy atom. The van der Waals surface area contributed by atoms with Gasteiger partial charge in [0.25, 0.3) is 0 Å². The largest absolute Gasteiger partial charge is 0.340 e. The molecule has 2 N–H and O–H groups in total. The number of nitrogens with zero attached hydrogens (tertiary/aromatic N) is 1. The lowest BCUT2D eigenvalue weighted by molar-refractivity contribution is -0.134. The molecule has 0 aromatic heterocycles. The fourth-order valence-corrected chi connectivity index (χ4v) is 2.87. The van der Waals surface area contributed by atoms with Crippen LogP contribution in [0.25, 0.3) is 0 Å². The molecule has 1 saturated heterocycles. The molecule has 1 fully saturated rings. The molecule has 20 heavy (non-hydrogen) atoms. The zero-order valence-corrected chi connectivity index (χ0v) is 12.2. The van der Waals surface area contributed by atoms with E-state index in [-0.39, 0.29) is 18.0 Å². The van der Waals surface area contributed by atoms with Crippen molar-refractivity contribution in [1.82, 2.24) is 15.5 Å². The second kappa shape index (κ2) is 7.31. The summed E-state index contributed by atoms with van der Waals surface area (Å²) in [5.74, 6) is 0.153. The third-order valence-corrected chi connectivity index (χ3v) is 4.09. The van der Waals surface area contributed by atoms with Gasteiger partial charge in [-0.05, 0) is 39.0 Å². The quantitative estimate of drug-likeness (QED) is 0.771. The summed E-state index contributed by atoms with van der Waals surface area (Å²) in [6.45, 7) is 3.37. The van der Waals surface area contributed by atoms with E-state index in [2.05, 4.69) is 29.7 Å². The minimum Gasteiger partial charge on any atom is -0.340 e. The number of hydrogen-bond acceptors (Lipinski definition) is 2. The maximum absolute atomic E-state index is 12.1. The SMILES string of the molecule is CC1CCCCN1C(=O)CCNC(=O)NC1CC=CC1. The minimum atomic E-state index is -0.168. The number of carbonyl (C=O) groups is 2. The summed E-state index contributed by atoms with van der Waals surface area (Å²) < 4.78 is 0. The Bertz CT molecular complexity index is 373. The van der Waals surface area contributed by atoms with Gasteiger partial charge < -0.3 is 15.5 Å². The number of urea groups is 1. The average Bonchev–Trinajstić information content (AvgIpc) is 2.92. The van der Waals surface area contributed by atoms with Crippen LogP contribution in [0.3, 0.4) is 0 Å². The van der Waals surface area contributed by atoms with Crippen LogP contribution in [-0.4, -0.2) is 42.0 Å². The molecule has 1 aliphatic heterocycles. The highest BCUT2D eigenvalue weighted by molar-refractivity contribution is 5.78. The number of nitrogens with one attached hydrogen (secondary N) is 2. The van der Waals surface area contributed by atoms with E-state index in [0.29, 0.717) is 19.0 Å². The van der Waals surface area contributed by atoms with E-state index in [1.807, 2.05) is 4.90 Å². The Kier molecular flexibility index (Phi) is 5.44. The fraction of sp³-hybridized carbons (Fsp3) is 0.733. The molecular formula is C15H25N3O2. The summed E-state index contributed by atoms with van der Waals surface area (Å²) in [4.78, 5) is 25.7. The van der Waals surface area contributed by atoms with Gasteiger partial charge in [0.05, 0.1) is 0 Å². The number of hydrogen-bond donors (Lipinski definition) is 2. The van der Waals surface area contributed by atoms with Crippen molar-refractivity contribution in [2.24, 2.45) is 0 Å². The summed E-state index contributed by atoms with van der Waals surface area (Å²) in [6, 6.07) is 0.389. The Morgan fingerprint density at radius 1 is 1.25 bits per heavy atom. The van der Waals surface area contributed by atoms with E-state index < -0.39 is 0 Å². The minimum absolute atomic E-state index is 0.153. The third-order valence-electron chi connectivity index (χ3n) is 4.09. The molecule has 5 heteroatoms. The van der Waals surface area contributed by atoms with E-state index in [1.165, 1.54) is 6.42 Å². The van der Waals surface area contributed by atoms with E-state index in [1.54, 1.807) is 0 Å². The Labute approximate surface area is 120 Å². The topological polar surface area (TPSA) is 61.4 Å². The van der Waals surface area contributed by atoms with Crippen molar-refractivity contribution < 1.29 is 9.59 Å². The smallest absolute Gasteiger partial charge is 0.315 e. The van der Waals surface area contributed by atoms with Gasteiger partial charge in [0.15, 0.2) is 0 Å². The van der Waals surface area contributed by atoms with Crippen LogP contribution in [-0.2, 0) is 4.79 Å². The Balaban J connectivity index is 1.62. The molecule has 0 aromatic rings. The van der Waals surface area contributed by atoms with Crippen molar-refractivity contribution >= 4 is 11.9 Å². The fourth-order valence-electron chi connectivity index (χ4n) is 2.87. The van der Waals surface area contributed by atoms with Crippen molar-refractivity contribution in [3.8, 4) is 0 Å². The van der Waals surface area contributed by atoms with E-state index in [4.69, 9.17) is 0 Å². The molecule has 2 rings (SSSR count). The molecule has 3 amide bonds. The lowest BCUT2D eigenvalue weighted by Crippen LogP contribution is -2.45. The predicted octanol–water partition coefficient (Wildman–Crippen LogP) is 1.80. The lowest BCUT2D eigenvalue weighted by Gasteiger charge is -2.33. The average molecular weight is 279 g/mol. The summed E-state index contributed by atoms with van der Waals surface area (Å²) in [5.41, 5.74) is 0. The van der Waals surface area contributed by atoms with Crippen molar-refractivity contribution in [3.05, 3.63) is 12.2 Å². The lowest BCUT2D eigenvalue weighted by atomic mass is 10.0. The molecule has 2 aliphatic rings. The monoisotopic (exact) mass is 279 g/mol. The van der Waals surface area contributed by atoms with E-state index in [9.17, 15) is 9.59 Å². The first-order valence-electron chi connectivity index (χ1n) is 7.65. The first-order chi connectivity index (χ1) is 9.66. The normalized spacial score (nSPS) is 22.9. The van der Waals surface area contributed by atoms with Crippen molar-refractivity contribution in [3.63, 3.8) is 0 Å². The third kappa shape index (κ3) is 4.25. The highest BCUT2D eigenvalue weighted by atomic mass is 16.2. The van der Waals surface area contributed by atoms with Gasteiger partial charge in [-0.2, -0.15) is 0 Å². The van der Waals surface area contributed by atoms with Gasteiger partial charge in [-0.1, -0.05) is 12.2 Å². The van der Waals surface area contributed by atoms with Gasteiger partial charge in [0, 0.05) is 31.6 Å². The number of amides is 3. The van der Waals surface area contributed by atoms with Crippen LogP contribution in [0, 0.1) is 0 Å². The molecule has 1 atom stereocenters. The molecule has 1 unspecified atom stereocenters. The molecular weight excluding hydrogens is 254 g/mol. The predicted molar refractivity (Wildman–Crippen MR) is 78.3 cm³/mol. The highest BCUT2D eigenvalue weighted by Crippen LogP contribution is 2.16. The van der Waals surface area contributed by atoms with Crippen LogP contribution >= 0.6 is 0 Å². The van der Waals surface area contributed by atoms with Crippen LogP contribution in [0.5, 0.6) is 0 Å². The van der Waals surface area contributed by atoms with Crippen molar-refractivity contribution in [2.75, 3.05) is 13.1 Å². The number of rotatable bonds is 4. The summed E-state index contributed by atoms with van der Waals surface area (Å²) in [5, 5.41) is 5.67. The van der Waals surface area contributed by atoms with Gasteiger partial charge in [0.1, 0.15) is 0 Å². The second-order valence-corrected chi connectivity index (χ2v) is 5.72. The van der Waals surface area contributed by atoms with Crippen molar-refractivity contribution in [2.45, 2.75) is 57.5 Å². The molecule has 112 valence electrons. The Morgan fingerprint density at radius 3 is 2.70 bits per heavy atom. The Hall–Kier alpha value is -1.52. The zero-order valence-electron chi connectivity index (χ0n) is 12.2. The molecule has 0 bridgehead atoms. The van der Waals surface area contributed by atoms with Crippen molar-refractivity contribution in [1.29, 1.82) is 0 Å². The standard InChI is InChI=1S/C15H25N3O2/c1-12-6-4-5-11-18(12)14(19)9-10-16-15(20)17-13-7-2-3-8-13/h2-3,12-13H,4-11H2,1H3,(H2,16,17,20). The first-order valence-corrected chi connectivity index (χ1v) is 7.65. The van der Waals surface area contributed by atoms with E-state index in [0.717, 1.165) is 32.2 Å². The second-order valence-electron chi connectivity index (χ2n) is 5.72. The van der Waals surface area contributed by atoms with Gasteiger partial charge in [-0.15, -0.1) is 0 Å². The van der Waals surface area contributed by atoms with E-state index >= 15 is 0 Å². The zero-order chi connectivity index (χ0) is 14.4. The summed E-state index contributed by atoms with van der Waals surface area (Å²) in [7, 11) is 0. The van der Waals surface area contributed by atoms with Crippen LogP contribution < -0.4 is 10.6 Å². The maximum Gasteiger partial charge on any atom is 0.315 e. The molecule has 0 saturated carbocycles. The van der Waals surface area contributed by atoms with Gasteiger partial charge in [-0.25, -0.2) is 4.79 Å². The maximum atomic E-state index is 12.1. The van der Waals surface area contributed by atoms with Gasteiger partial charge in [-0.3, -0.25) is 4.79 Å². The highest BCUT2D eigenvalue weighted by Gasteiger charge is 2.22. The molecule has 1 heterocycles. The molecule has 5 nitrogen and oxygen atoms in total. The van der Waals surface area contributed by atoms with Crippen LogP contribution in [0.4, 0.5) is 4.79 Å². The van der Waals surface area contributed by atoms with Gasteiger partial charge >= 0.3 is 6.03 Å². The first kappa shape index (κ1) is 14.9. The van der Waals surface area contributed by atoms with Crippen LogP contribution in [0.2, 0.25) is 0 Å². The molecule has 0 aromatic carbocycles. The number of carbonyl (C=O) groups excluding carboxylic acids is 2. The van der Waals surface area contributed by atoms with Gasteiger partial charge in [0.2, 0.25) is 5.91 Å². The number of likely N-dealkylation sites (tertiary alicyclic amines) is 1. The molecule has 1 aliphatic carbocycles. The van der Waals surface area contributed by atoms with Crippen LogP contribution in [0.15, 0.2) is 12.2 Å². The van der Waals surface area contributed by atoms with Crippen LogP contribution in [0.1, 0.15) is 45.4 Å². The summed E-state index contributed by atoms with van der Waals surface area (Å²) >= 11 is 0. The molecule has 0 spiro atoms.